The van der Waals surface area contributed by atoms with Gasteiger partial charge in [-0.3, -0.25) is 4.79 Å². The number of carbonyl (C=O) groups is 2. The lowest BCUT2D eigenvalue weighted by Gasteiger charge is -2.72. The van der Waals surface area contributed by atoms with Gasteiger partial charge in [0, 0.05) is 29.8 Å². The van der Waals surface area contributed by atoms with E-state index in [4.69, 9.17) is 18.9 Å². The Morgan fingerprint density at radius 3 is 2.10 bits per heavy atom. The summed E-state index contributed by atoms with van der Waals surface area (Å²) < 4.78 is 23.7. The number of aliphatic hydroxyl groups excluding tert-OH is 9. The van der Waals surface area contributed by atoms with Crippen molar-refractivity contribution in [3.05, 3.63) is 11.6 Å². The predicted octanol–water partition coefficient (Wildman–Crippen LogP) is 0.00420. The van der Waals surface area contributed by atoms with Gasteiger partial charge in [0.2, 0.25) is 0 Å². The van der Waals surface area contributed by atoms with Gasteiger partial charge in [0.05, 0.1) is 25.4 Å². The minimum absolute atomic E-state index is 0.0937. The molecule has 16 heteroatoms. The number of aliphatic hydroxyl groups is 9. The van der Waals surface area contributed by atoms with Crippen LogP contribution in [-0.4, -0.2) is 156 Å². The van der Waals surface area contributed by atoms with Crippen molar-refractivity contribution in [3.8, 4) is 0 Å². The lowest BCUT2D eigenvalue weighted by atomic mass is 9.33. The molecule has 0 aromatic rings. The van der Waals surface area contributed by atoms with Gasteiger partial charge < -0.3 is 70.0 Å². The first kappa shape index (κ1) is 44.4. The van der Waals surface area contributed by atoms with E-state index in [1.807, 2.05) is 19.9 Å². The molecule has 2 saturated heterocycles. The molecule has 4 saturated carbocycles. The Morgan fingerprint density at radius 2 is 1.48 bits per heavy atom. The zero-order valence-electron chi connectivity index (χ0n) is 34.4. The van der Waals surface area contributed by atoms with E-state index < -0.39 is 113 Å². The minimum atomic E-state index is -2.02. The van der Waals surface area contributed by atoms with Crippen molar-refractivity contribution >= 4 is 11.8 Å². The number of allylic oxidation sites excluding steroid dienone is 1. The third-order valence-electron chi connectivity index (χ3n) is 17.4. The average Bonchev–Trinajstić information content (AvgIpc) is 3.17. The molecule has 0 bridgehead atoms. The molecule has 0 aromatic heterocycles. The maximum atomic E-state index is 13.8. The molecule has 0 aromatic carbocycles. The Hall–Kier alpha value is -1.64. The van der Waals surface area contributed by atoms with Crippen LogP contribution in [0.3, 0.4) is 0 Å². The van der Waals surface area contributed by atoms with E-state index >= 15 is 0 Å². The van der Waals surface area contributed by atoms with Crippen LogP contribution in [-0.2, 0) is 28.5 Å². The summed E-state index contributed by atoms with van der Waals surface area (Å²) in [7, 11) is 0. The third-order valence-corrected chi connectivity index (χ3v) is 17.4. The lowest BCUT2D eigenvalue weighted by Crippen LogP contribution is -2.69. The first-order valence-electron chi connectivity index (χ1n) is 21.0. The summed E-state index contributed by atoms with van der Waals surface area (Å²) in [5, 5.41) is 107. The molecule has 0 radical (unpaired) electrons. The van der Waals surface area contributed by atoms with Crippen molar-refractivity contribution in [3.63, 3.8) is 0 Å². The van der Waals surface area contributed by atoms with Crippen LogP contribution >= 0.6 is 0 Å². The Kier molecular flexibility index (Phi) is 11.5. The van der Waals surface area contributed by atoms with Crippen LogP contribution < -0.4 is 0 Å². The molecule has 0 unspecified atom stereocenters. The molecule has 58 heavy (non-hydrogen) atoms. The normalized spacial score (nSPS) is 55.7. The van der Waals surface area contributed by atoms with E-state index in [1.165, 1.54) is 0 Å². The second-order valence-corrected chi connectivity index (χ2v) is 20.5. The molecular weight excluding hydrogens is 760 g/mol. The highest BCUT2D eigenvalue weighted by Gasteiger charge is 2.71. The molecular formula is C42H66O16. The number of carboxylic acids is 1. The maximum Gasteiger partial charge on any atom is 0.335 e. The van der Waals surface area contributed by atoms with E-state index in [9.17, 15) is 60.7 Å². The molecule has 330 valence electrons. The smallest absolute Gasteiger partial charge is 0.335 e. The van der Waals surface area contributed by atoms with E-state index in [2.05, 4.69) is 27.7 Å². The summed E-state index contributed by atoms with van der Waals surface area (Å²) in [5.41, 5.74) is -2.35. The van der Waals surface area contributed by atoms with Crippen LogP contribution in [0.2, 0.25) is 0 Å². The molecule has 7 aliphatic rings. The number of fused-ring (bicyclic) bond motifs is 7. The van der Waals surface area contributed by atoms with Gasteiger partial charge >= 0.3 is 5.97 Å². The van der Waals surface area contributed by atoms with Crippen molar-refractivity contribution in [2.24, 2.45) is 50.2 Å². The minimum Gasteiger partial charge on any atom is -0.479 e. The number of ketones is 1. The first-order chi connectivity index (χ1) is 27.0. The summed E-state index contributed by atoms with van der Waals surface area (Å²) in [6, 6.07) is 0. The van der Waals surface area contributed by atoms with Gasteiger partial charge in [-0.1, -0.05) is 53.2 Å². The van der Waals surface area contributed by atoms with Crippen molar-refractivity contribution in [1.29, 1.82) is 0 Å². The predicted molar refractivity (Wildman–Crippen MR) is 201 cm³/mol. The molecule has 0 amide bonds. The third kappa shape index (κ3) is 6.33. The second kappa shape index (κ2) is 15.0. The van der Waals surface area contributed by atoms with Crippen LogP contribution in [0.1, 0.15) is 92.9 Å². The van der Waals surface area contributed by atoms with Gasteiger partial charge in [0.25, 0.3) is 0 Å². The average molecular weight is 827 g/mol. The van der Waals surface area contributed by atoms with E-state index in [1.54, 1.807) is 0 Å². The number of hydrogen-bond donors (Lipinski definition) is 10. The van der Waals surface area contributed by atoms with Gasteiger partial charge in [-0.15, -0.1) is 0 Å². The molecule has 6 fully saturated rings. The highest BCUT2D eigenvalue weighted by molar-refractivity contribution is 5.87. The number of ether oxygens (including phenoxy) is 4. The highest BCUT2D eigenvalue weighted by Crippen LogP contribution is 2.75. The number of hydrogen-bond acceptors (Lipinski definition) is 15. The van der Waals surface area contributed by atoms with E-state index in [0.29, 0.717) is 44.9 Å². The van der Waals surface area contributed by atoms with Crippen molar-refractivity contribution in [2.45, 2.75) is 167 Å². The van der Waals surface area contributed by atoms with Gasteiger partial charge in [0.1, 0.15) is 48.5 Å². The molecule has 10 N–H and O–H groups in total. The monoisotopic (exact) mass is 826 g/mol. The molecule has 7 rings (SSSR count). The molecule has 2 heterocycles. The fourth-order valence-corrected chi connectivity index (χ4v) is 13.6. The van der Waals surface area contributed by atoms with Crippen molar-refractivity contribution in [1.82, 2.24) is 0 Å². The fraction of sp³-hybridized carbons (Fsp3) is 0.905. The van der Waals surface area contributed by atoms with Gasteiger partial charge in [-0.25, -0.2) is 4.79 Å². The lowest BCUT2D eigenvalue weighted by molar-refractivity contribution is -0.376. The summed E-state index contributed by atoms with van der Waals surface area (Å²) in [5.74, 6) is -2.04. The topological polar surface area (TPSA) is 273 Å². The quantitative estimate of drug-likeness (QED) is 0.114. The Balaban J connectivity index is 1.19. The summed E-state index contributed by atoms with van der Waals surface area (Å²) in [6.07, 6.45) is -13.0. The van der Waals surface area contributed by atoms with Crippen LogP contribution in [0.5, 0.6) is 0 Å². The number of aliphatic carboxylic acids is 1. The summed E-state index contributed by atoms with van der Waals surface area (Å²) in [4.78, 5) is 26.0. The Morgan fingerprint density at radius 1 is 0.793 bits per heavy atom. The molecule has 21 atom stereocenters. The van der Waals surface area contributed by atoms with Crippen LogP contribution in [0.25, 0.3) is 0 Å². The van der Waals surface area contributed by atoms with Crippen LogP contribution in [0.4, 0.5) is 0 Å². The molecule has 16 nitrogen and oxygen atoms in total. The standard InChI is InChI=1S/C42H66O16/c1-37(17-44)14-20-19-13-21(46)33-39(3)9-8-25(40(4,18-45)23(39)7-10-42(33,6)41(19,5)12-11-38(20,2)24(47)15-37)56-36-32(29(51)28(50)31(57-36)34(53)54)58-35-30(52)27(49)26(48)22(16-43)55-35/h13,20-23,25-33,35-36,43-46,48-52H,7-12,14-18H2,1-6H3,(H,53,54)/t20-,21+,22+,23+,25-,26+,27-,28-,29-,30+,31-,32+,33+,35-,36+,37+,38+,39-,40+,41+,42+/m0/s1. The zero-order chi connectivity index (χ0) is 42.7. The van der Waals surface area contributed by atoms with Crippen LogP contribution in [0, 0.1) is 50.2 Å². The number of Topliss-reactive ketones (excluding diaryl/α,β-unsaturated/α-hetero) is 1. The largest absolute Gasteiger partial charge is 0.479 e. The Labute approximate surface area is 339 Å². The van der Waals surface area contributed by atoms with E-state index in [0.717, 1.165) is 12.0 Å². The number of carbonyl (C=O) groups excluding carboxylic acids is 1. The zero-order valence-corrected chi connectivity index (χ0v) is 34.4. The number of carboxylic acid groups (broad SMARTS) is 1. The van der Waals surface area contributed by atoms with Gasteiger partial charge in [-0.05, 0) is 78.4 Å². The molecule has 2 aliphatic heterocycles. The Bertz CT molecular complexity index is 1620. The second-order valence-electron chi connectivity index (χ2n) is 20.5. The SMILES string of the molecule is C[C@]1(CO)CC(=O)[C@]2(C)CC[C@]3(C)C(=C[C@@H](O)[C@@H]4[C@@]5(C)CC[C@H](O[C@@H]6O[C@H](C(=O)O)[C@@H](O)[C@H](O)[C@H]6O[C@@H]6O[C@H](CO)[C@@H](O)[C@H](O)[C@H]6O)[C@](C)(CO)[C@@H]5CC[C@]43C)[C@@H]2C1. The van der Waals surface area contributed by atoms with Gasteiger partial charge in [0.15, 0.2) is 18.7 Å². The maximum absolute atomic E-state index is 13.8. The van der Waals surface area contributed by atoms with Crippen molar-refractivity contribution in [2.75, 3.05) is 19.8 Å². The van der Waals surface area contributed by atoms with E-state index in [-0.39, 0.29) is 42.2 Å². The fourth-order valence-electron chi connectivity index (χ4n) is 13.6. The molecule has 0 spiro atoms. The number of rotatable bonds is 8. The summed E-state index contributed by atoms with van der Waals surface area (Å²) in [6.45, 7) is 11.4. The van der Waals surface area contributed by atoms with Gasteiger partial charge in [-0.2, -0.15) is 0 Å². The molecule has 5 aliphatic carbocycles. The van der Waals surface area contributed by atoms with Crippen molar-refractivity contribution < 1.29 is 79.6 Å². The first-order valence-corrected chi connectivity index (χ1v) is 21.0. The van der Waals surface area contributed by atoms with Crippen LogP contribution in [0.15, 0.2) is 11.6 Å². The summed E-state index contributed by atoms with van der Waals surface area (Å²) >= 11 is 0. The highest BCUT2D eigenvalue weighted by atomic mass is 16.8.